The lowest BCUT2D eigenvalue weighted by molar-refractivity contribution is -0.120. The SMILES string of the molecule is Cn1nc(N2CCC(=O)NC2=O)c2ccc(C3=CCC(NC(=O)OC(C)(C)C)CC3)cc21. The molecule has 1 aromatic heterocycles. The number of ether oxygens (including phenoxy) is 1. The van der Waals surface area contributed by atoms with Gasteiger partial charge in [0, 0.05) is 31.4 Å². The number of carbonyl (C=O) groups is 3. The Kier molecular flexibility index (Phi) is 5.66. The number of nitrogens with one attached hydrogen (secondary N) is 2. The maximum Gasteiger partial charge on any atom is 0.407 e. The van der Waals surface area contributed by atoms with Crippen LogP contribution in [0.4, 0.5) is 15.4 Å². The normalized spacial score (nSPS) is 19.6. The molecule has 170 valence electrons. The number of nitrogens with zero attached hydrogens (tertiary/aromatic N) is 3. The maximum atomic E-state index is 12.3. The van der Waals surface area contributed by atoms with Crippen LogP contribution in [0.25, 0.3) is 16.5 Å². The van der Waals surface area contributed by atoms with Gasteiger partial charge in [0.25, 0.3) is 0 Å². The van der Waals surface area contributed by atoms with Crippen molar-refractivity contribution in [3.05, 3.63) is 29.8 Å². The molecule has 1 saturated heterocycles. The highest BCUT2D eigenvalue weighted by Crippen LogP contribution is 2.33. The van der Waals surface area contributed by atoms with E-state index in [1.807, 2.05) is 40.0 Å². The minimum atomic E-state index is -0.512. The summed E-state index contributed by atoms with van der Waals surface area (Å²) in [6.45, 7) is 5.86. The average molecular weight is 440 g/mol. The van der Waals surface area contributed by atoms with Crippen LogP contribution in [0.3, 0.4) is 0 Å². The average Bonchev–Trinajstić information content (AvgIpc) is 3.03. The van der Waals surface area contributed by atoms with Crippen molar-refractivity contribution in [2.75, 3.05) is 11.4 Å². The number of allylic oxidation sites excluding steroid dienone is 1. The molecule has 1 aliphatic carbocycles. The van der Waals surface area contributed by atoms with Crippen molar-refractivity contribution in [3.8, 4) is 0 Å². The van der Waals surface area contributed by atoms with Gasteiger partial charge in [-0.25, -0.2) is 9.59 Å². The van der Waals surface area contributed by atoms with Crippen LogP contribution in [-0.4, -0.2) is 46.0 Å². The summed E-state index contributed by atoms with van der Waals surface area (Å²) >= 11 is 0. The summed E-state index contributed by atoms with van der Waals surface area (Å²) in [5.74, 6) is 0.288. The molecule has 0 radical (unpaired) electrons. The first-order chi connectivity index (χ1) is 15.1. The molecule has 9 heteroatoms. The molecule has 1 unspecified atom stereocenters. The zero-order valence-corrected chi connectivity index (χ0v) is 18.9. The summed E-state index contributed by atoms with van der Waals surface area (Å²) in [4.78, 5) is 37.2. The van der Waals surface area contributed by atoms with Crippen LogP contribution in [0.5, 0.6) is 0 Å². The third-order valence-electron chi connectivity index (χ3n) is 5.64. The Labute approximate surface area is 186 Å². The largest absolute Gasteiger partial charge is 0.444 e. The monoisotopic (exact) mass is 439 g/mol. The summed E-state index contributed by atoms with van der Waals surface area (Å²) in [6.07, 6.45) is 4.45. The summed E-state index contributed by atoms with van der Waals surface area (Å²) in [7, 11) is 1.85. The molecular formula is C23H29N5O4. The minimum absolute atomic E-state index is 0.0564. The predicted molar refractivity (Wildman–Crippen MR) is 121 cm³/mol. The molecule has 2 N–H and O–H groups in total. The number of benzene rings is 1. The van der Waals surface area contributed by atoms with E-state index in [9.17, 15) is 14.4 Å². The number of alkyl carbamates (subject to hydrolysis) is 1. The number of anilines is 1. The second-order valence-corrected chi connectivity index (χ2v) is 9.28. The van der Waals surface area contributed by atoms with Crippen molar-refractivity contribution in [2.45, 2.75) is 58.1 Å². The molecule has 1 atom stereocenters. The Morgan fingerprint density at radius 1 is 1.25 bits per heavy atom. The smallest absolute Gasteiger partial charge is 0.407 e. The van der Waals surface area contributed by atoms with Crippen LogP contribution < -0.4 is 15.5 Å². The fraction of sp³-hybridized carbons (Fsp3) is 0.478. The van der Waals surface area contributed by atoms with Crippen molar-refractivity contribution in [1.82, 2.24) is 20.4 Å². The minimum Gasteiger partial charge on any atom is -0.444 e. The Bertz CT molecular complexity index is 1110. The number of urea groups is 1. The van der Waals surface area contributed by atoms with E-state index in [2.05, 4.69) is 27.9 Å². The molecule has 1 fully saturated rings. The molecule has 0 bridgehead atoms. The second kappa shape index (κ2) is 8.29. The number of amides is 4. The molecule has 0 saturated carbocycles. The first-order valence-electron chi connectivity index (χ1n) is 10.9. The van der Waals surface area contributed by atoms with Crippen LogP contribution in [0.2, 0.25) is 0 Å². The van der Waals surface area contributed by atoms with Crippen molar-refractivity contribution in [2.24, 2.45) is 7.05 Å². The van der Waals surface area contributed by atoms with Gasteiger partial charge in [0.15, 0.2) is 5.82 Å². The van der Waals surface area contributed by atoms with Gasteiger partial charge in [-0.1, -0.05) is 12.1 Å². The first kappa shape index (κ1) is 21.9. The van der Waals surface area contributed by atoms with Crippen LogP contribution in [-0.2, 0) is 16.6 Å². The van der Waals surface area contributed by atoms with E-state index in [0.717, 1.165) is 35.7 Å². The number of aryl methyl sites for hydroxylation is 1. The zero-order chi connectivity index (χ0) is 23.0. The fourth-order valence-electron chi connectivity index (χ4n) is 4.11. The van der Waals surface area contributed by atoms with Gasteiger partial charge >= 0.3 is 12.1 Å². The highest BCUT2D eigenvalue weighted by molar-refractivity contribution is 6.09. The topological polar surface area (TPSA) is 106 Å². The van der Waals surface area contributed by atoms with Gasteiger partial charge in [0.1, 0.15) is 5.60 Å². The van der Waals surface area contributed by atoms with Crippen LogP contribution in [0.1, 0.15) is 52.0 Å². The highest BCUT2D eigenvalue weighted by Gasteiger charge is 2.28. The summed E-state index contributed by atoms with van der Waals surface area (Å²) < 4.78 is 7.11. The first-order valence-corrected chi connectivity index (χ1v) is 10.9. The number of carbonyl (C=O) groups excluding carboxylic acids is 3. The molecule has 0 spiro atoms. The second-order valence-electron chi connectivity index (χ2n) is 9.28. The predicted octanol–water partition coefficient (Wildman–Crippen LogP) is 3.48. The molecule has 32 heavy (non-hydrogen) atoms. The van der Waals surface area contributed by atoms with Crippen molar-refractivity contribution in [3.63, 3.8) is 0 Å². The number of aromatic nitrogens is 2. The van der Waals surface area contributed by atoms with E-state index in [1.165, 1.54) is 10.5 Å². The van der Waals surface area contributed by atoms with E-state index in [0.29, 0.717) is 12.4 Å². The fourth-order valence-corrected chi connectivity index (χ4v) is 4.11. The van der Waals surface area contributed by atoms with E-state index in [4.69, 9.17) is 4.74 Å². The van der Waals surface area contributed by atoms with Gasteiger partial charge in [0.2, 0.25) is 5.91 Å². The highest BCUT2D eigenvalue weighted by atomic mass is 16.6. The van der Waals surface area contributed by atoms with E-state index in [1.54, 1.807) is 4.68 Å². The van der Waals surface area contributed by atoms with Crippen molar-refractivity contribution >= 4 is 40.3 Å². The van der Waals surface area contributed by atoms with Crippen LogP contribution >= 0.6 is 0 Å². The molecular weight excluding hydrogens is 410 g/mol. The summed E-state index contributed by atoms with van der Waals surface area (Å²) in [5.41, 5.74) is 2.72. The molecule has 1 aliphatic heterocycles. The third-order valence-corrected chi connectivity index (χ3v) is 5.64. The number of fused-ring (bicyclic) bond motifs is 1. The Morgan fingerprint density at radius 2 is 2.03 bits per heavy atom. The standard InChI is InChI=1S/C23H29N5O4/c1-23(2,3)32-22(31)24-16-8-5-14(6-9-16)15-7-10-17-18(13-15)27(4)26-20(17)28-12-11-19(29)25-21(28)30/h5,7,10,13,16H,6,8-9,11-12H2,1-4H3,(H,24,31)(H,25,29,30). The molecule has 2 aliphatic rings. The lowest BCUT2D eigenvalue weighted by Crippen LogP contribution is -2.49. The van der Waals surface area contributed by atoms with Gasteiger partial charge in [0.05, 0.1) is 5.52 Å². The van der Waals surface area contributed by atoms with Crippen LogP contribution in [0.15, 0.2) is 24.3 Å². The molecule has 9 nitrogen and oxygen atoms in total. The van der Waals surface area contributed by atoms with E-state index >= 15 is 0 Å². The number of hydrogen-bond donors (Lipinski definition) is 2. The number of imide groups is 1. The maximum absolute atomic E-state index is 12.3. The van der Waals surface area contributed by atoms with Gasteiger partial charge in [-0.15, -0.1) is 0 Å². The summed E-state index contributed by atoms with van der Waals surface area (Å²) in [6, 6.07) is 5.70. The quantitative estimate of drug-likeness (QED) is 0.762. The van der Waals surface area contributed by atoms with Gasteiger partial charge < -0.3 is 10.1 Å². The number of hydrogen-bond acceptors (Lipinski definition) is 5. The zero-order valence-electron chi connectivity index (χ0n) is 18.9. The Hall–Kier alpha value is -3.36. The summed E-state index contributed by atoms with van der Waals surface area (Å²) in [5, 5.41) is 10.7. The Balaban J connectivity index is 1.50. The molecule has 2 heterocycles. The van der Waals surface area contributed by atoms with E-state index < -0.39 is 11.6 Å². The lowest BCUT2D eigenvalue weighted by atomic mass is 9.90. The Morgan fingerprint density at radius 3 is 2.69 bits per heavy atom. The molecule has 1 aromatic carbocycles. The van der Waals surface area contributed by atoms with Gasteiger partial charge in [-0.3, -0.25) is 19.7 Å². The van der Waals surface area contributed by atoms with Gasteiger partial charge in [-0.05, 0) is 63.3 Å². The van der Waals surface area contributed by atoms with Crippen LogP contribution in [0, 0.1) is 0 Å². The van der Waals surface area contributed by atoms with E-state index in [-0.39, 0.29) is 24.5 Å². The van der Waals surface area contributed by atoms with Gasteiger partial charge in [-0.2, -0.15) is 5.10 Å². The third kappa shape index (κ3) is 4.61. The lowest BCUT2D eigenvalue weighted by Gasteiger charge is -2.26. The van der Waals surface area contributed by atoms with Crippen molar-refractivity contribution in [1.29, 1.82) is 0 Å². The molecule has 4 rings (SSSR count). The molecule has 4 amide bonds. The number of rotatable bonds is 3. The van der Waals surface area contributed by atoms with Crippen molar-refractivity contribution < 1.29 is 19.1 Å². The molecule has 2 aromatic rings.